The second-order valence-electron chi connectivity index (χ2n) is 6.09. The number of likely N-dealkylation sites (tertiary alicyclic amines) is 2. The number of methoxy groups -OCH3 is 1. The van der Waals surface area contributed by atoms with Crippen LogP contribution >= 0.6 is 0 Å². The molecule has 0 aromatic heterocycles. The Morgan fingerprint density at radius 3 is 2.70 bits per heavy atom. The minimum absolute atomic E-state index is 0.779. The molecule has 0 N–H and O–H groups in total. The van der Waals surface area contributed by atoms with Crippen LogP contribution in [-0.4, -0.2) is 49.1 Å². The lowest BCUT2D eigenvalue weighted by atomic mass is 10.0. The van der Waals surface area contributed by atoms with Crippen LogP contribution in [0.4, 0.5) is 0 Å². The molecule has 1 aromatic carbocycles. The van der Waals surface area contributed by atoms with E-state index in [1.54, 1.807) is 7.11 Å². The third-order valence-corrected chi connectivity index (χ3v) is 4.72. The van der Waals surface area contributed by atoms with Gasteiger partial charge in [0.25, 0.3) is 0 Å². The average Bonchev–Trinajstić information content (AvgIpc) is 3.02. The molecular weight excluding hydrogens is 248 g/mol. The Hall–Kier alpha value is -1.06. The first-order valence-electron chi connectivity index (χ1n) is 7.95. The van der Waals surface area contributed by atoms with Gasteiger partial charge in [-0.2, -0.15) is 0 Å². The van der Waals surface area contributed by atoms with E-state index in [-0.39, 0.29) is 0 Å². The number of benzene rings is 1. The van der Waals surface area contributed by atoms with E-state index in [4.69, 9.17) is 4.74 Å². The number of hydrogen-bond acceptors (Lipinski definition) is 3. The second-order valence-corrected chi connectivity index (χ2v) is 6.09. The molecule has 0 aliphatic carbocycles. The topological polar surface area (TPSA) is 15.7 Å². The second kappa shape index (κ2) is 6.59. The Morgan fingerprint density at radius 2 is 1.90 bits per heavy atom. The molecule has 1 unspecified atom stereocenters. The maximum absolute atomic E-state index is 5.48. The lowest BCUT2D eigenvalue weighted by molar-refractivity contribution is 0.110. The number of piperidine rings is 1. The number of hydrogen-bond donors (Lipinski definition) is 0. The molecule has 0 amide bonds. The molecule has 0 spiro atoms. The van der Waals surface area contributed by atoms with E-state index in [1.807, 2.05) is 6.07 Å². The summed E-state index contributed by atoms with van der Waals surface area (Å²) >= 11 is 0. The monoisotopic (exact) mass is 274 g/mol. The van der Waals surface area contributed by atoms with Gasteiger partial charge in [0.1, 0.15) is 5.75 Å². The third-order valence-electron chi connectivity index (χ3n) is 4.72. The molecule has 3 heteroatoms. The van der Waals surface area contributed by atoms with Gasteiger partial charge >= 0.3 is 0 Å². The zero-order chi connectivity index (χ0) is 13.8. The molecule has 1 aromatic rings. The van der Waals surface area contributed by atoms with Gasteiger partial charge in [-0.15, -0.1) is 0 Å². The van der Waals surface area contributed by atoms with Crippen molar-refractivity contribution in [3.8, 4) is 5.75 Å². The van der Waals surface area contributed by atoms with E-state index in [0.717, 1.165) is 18.3 Å². The zero-order valence-electron chi connectivity index (χ0n) is 12.6. The fourth-order valence-corrected chi connectivity index (χ4v) is 3.65. The highest BCUT2D eigenvalue weighted by molar-refractivity contribution is 5.33. The maximum atomic E-state index is 5.48. The van der Waals surface area contributed by atoms with Gasteiger partial charge in [-0.3, -0.25) is 9.80 Å². The summed E-state index contributed by atoms with van der Waals surface area (Å²) in [4.78, 5) is 5.30. The van der Waals surface area contributed by atoms with Crippen LogP contribution in [0.2, 0.25) is 0 Å². The molecule has 3 rings (SSSR count). The number of para-hydroxylation sites is 1. The van der Waals surface area contributed by atoms with Crippen molar-refractivity contribution in [2.45, 2.75) is 38.3 Å². The van der Waals surface area contributed by atoms with Crippen molar-refractivity contribution in [1.82, 2.24) is 9.80 Å². The number of ether oxygens (including phenoxy) is 1. The van der Waals surface area contributed by atoms with Gasteiger partial charge in [0.05, 0.1) is 7.11 Å². The SMILES string of the molecule is COc1ccccc1CN1CCCC(N2CCCC2)C1. The molecule has 2 aliphatic rings. The molecule has 0 bridgehead atoms. The van der Waals surface area contributed by atoms with Crippen molar-refractivity contribution in [2.75, 3.05) is 33.3 Å². The molecule has 20 heavy (non-hydrogen) atoms. The molecule has 2 fully saturated rings. The molecule has 2 aliphatic heterocycles. The van der Waals surface area contributed by atoms with Crippen molar-refractivity contribution in [2.24, 2.45) is 0 Å². The third kappa shape index (κ3) is 3.15. The normalized spacial score (nSPS) is 24.9. The van der Waals surface area contributed by atoms with E-state index in [0.29, 0.717) is 0 Å². The van der Waals surface area contributed by atoms with Gasteiger partial charge < -0.3 is 4.74 Å². The van der Waals surface area contributed by atoms with Crippen molar-refractivity contribution < 1.29 is 4.74 Å². The molecule has 2 heterocycles. The Balaban J connectivity index is 1.62. The molecule has 0 saturated carbocycles. The van der Waals surface area contributed by atoms with Crippen LogP contribution in [0.1, 0.15) is 31.2 Å². The molecule has 3 nitrogen and oxygen atoms in total. The van der Waals surface area contributed by atoms with Crippen molar-refractivity contribution in [3.63, 3.8) is 0 Å². The minimum atomic E-state index is 0.779. The summed E-state index contributed by atoms with van der Waals surface area (Å²) in [5.41, 5.74) is 1.32. The zero-order valence-corrected chi connectivity index (χ0v) is 12.6. The fraction of sp³-hybridized carbons (Fsp3) is 0.647. The van der Waals surface area contributed by atoms with Crippen molar-refractivity contribution in [3.05, 3.63) is 29.8 Å². The predicted molar refractivity (Wildman–Crippen MR) is 82.1 cm³/mol. The van der Waals surface area contributed by atoms with E-state index in [2.05, 4.69) is 28.0 Å². The quantitative estimate of drug-likeness (QED) is 0.839. The van der Waals surface area contributed by atoms with Crippen LogP contribution in [0.3, 0.4) is 0 Å². The van der Waals surface area contributed by atoms with E-state index >= 15 is 0 Å². The van der Waals surface area contributed by atoms with Crippen molar-refractivity contribution in [1.29, 1.82) is 0 Å². The van der Waals surface area contributed by atoms with Crippen LogP contribution in [0.15, 0.2) is 24.3 Å². The summed E-state index contributed by atoms with van der Waals surface area (Å²) < 4.78 is 5.48. The van der Waals surface area contributed by atoms with E-state index in [9.17, 15) is 0 Å². The first kappa shape index (κ1) is 13.9. The Morgan fingerprint density at radius 1 is 1.10 bits per heavy atom. The molecule has 2 saturated heterocycles. The number of rotatable bonds is 4. The molecule has 1 atom stereocenters. The summed E-state index contributed by atoms with van der Waals surface area (Å²) in [6.07, 6.45) is 5.49. The van der Waals surface area contributed by atoms with Gasteiger partial charge in [0, 0.05) is 24.7 Å². The largest absolute Gasteiger partial charge is 0.496 e. The number of nitrogens with zero attached hydrogens (tertiary/aromatic N) is 2. The summed E-state index contributed by atoms with van der Waals surface area (Å²) in [5, 5.41) is 0. The van der Waals surface area contributed by atoms with Gasteiger partial charge in [-0.1, -0.05) is 18.2 Å². The minimum Gasteiger partial charge on any atom is -0.496 e. The van der Waals surface area contributed by atoms with Crippen molar-refractivity contribution >= 4 is 0 Å². The highest BCUT2D eigenvalue weighted by Crippen LogP contribution is 2.24. The first-order valence-corrected chi connectivity index (χ1v) is 7.95. The van der Waals surface area contributed by atoms with E-state index < -0.39 is 0 Å². The standard InChI is InChI=1S/C17H26N2O/c1-20-17-9-3-2-7-15(17)13-18-10-6-8-16(14-18)19-11-4-5-12-19/h2-3,7,9,16H,4-6,8,10-14H2,1H3. The van der Waals surface area contributed by atoms with Crippen LogP contribution in [0.25, 0.3) is 0 Å². The summed E-state index contributed by atoms with van der Waals surface area (Å²) in [6, 6.07) is 9.20. The lowest BCUT2D eigenvalue weighted by Gasteiger charge is -2.37. The maximum Gasteiger partial charge on any atom is 0.123 e. The summed E-state index contributed by atoms with van der Waals surface area (Å²) in [7, 11) is 1.77. The Bertz CT molecular complexity index is 429. The Labute approximate surface area is 122 Å². The van der Waals surface area contributed by atoms with Crippen LogP contribution in [0.5, 0.6) is 5.75 Å². The highest BCUT2D eigenvalue weighted by atomic mass is 16.5. The van der Waals surface area contributed by atoms with E-state index in [1.165, 1.54) is 57.4 Å². The summed E-state index contributed by atoms with van der Waals surface area (Å²) in [6.45, 7) is 6.09. The van der Waals surface area contributed by atoms with Crippen LogP contribution < -0.4 is 4.74 Å². The Kier molecular flexibility index (Phi) is 4.58. The van der Waals surface area contributed by atoms with Crippen LogP contribution in [-0.2, 0) is 6.54 Å². The molecular formula is C17H26N2O. The van der Waals surface area contributed by atoms with Crippen LogP contribution in [0, 0.1) is 0 Å². The smallest absolute Gasteiger partial charge is 0.123 e. The lowest BCUT2D eigenvalue weighted by Crippen LogP contribution is -2.46. The van der Waals surface area contributed by atoms with Gasteiger partial charge in [-0.25, -0.2) is 0 Å². The highest BCUT2D eigenvalue weighted by Gasteiger charge is 2.27. The molecule has 110 valence electrons. The average molecular weight is 274 g/mol. The van der Waals surface area contributed by atoms with Gasteiger partial charge in [0.15, 0.2) is 0 Å². The molecule has 0 radical (unpaired) electrons. The van der Waals surface area contributed by atoms with Gasteiger partial charge in [-0.05, 0) is 51.4 Å². The summed E-state index contributed by atoms with van der Waals surface area (Å²) in [5.74, 6) is 1.02. The first-order chi connectivity index (χ1) is 9.86. The predicted octanol–water partition coefficient (Wildman–Crippen LogP) is 2.76. The van der Waals surface area contributed by atoms with Gasteiger partial charge in [0.2, 0.25) is 0 Å². The fourth-order valence-electron chi connectivity index (χ4n) is 3.65.